The summed E-state index contributed by atoms with van der Waals surface area (Å²) < 4.78 is 0. The quantitative estimate of drug-likeness (QED) is 0.407. The maximum absolute atomic E-state index is 12.4. The van der Waals surface area contributed by atoms with Crippen LogP contribution in [0.15, 0.2) is 40.3 Å². The lowest BCUT2D eigenvalue weighted by molar-refractivity contribution is -0.115. The van der Waals surface area contributed by atoms with Crippen LogP contribution in [-0.4, -0.2) is 32.7 Å². The number of nitrogens with one attached hydrogen (secondary N) is 2. The number of aromatic amines is 1. The molecule has 1 heterocycles. The Balaban J connectivity index is 2.05. The van der Waals surface area contributed by atoms with Crippen LogP contribution in [0, 0.1) is 0 Å². The fourth-order valence-corrected chi connectivity index (χ4v) is 3.49. The fourth-order valence-electron chi connectivity index (χ4n) is 2.10. The number of hydrogen-bond donors (Lipinski definition) is 2. The number of benzene rings is 1. The number of Topliss-reactive ketones (excluding diaryl/α,β-unsaturated/α-hetero) is 1. The standard InChI is InChI=1S/C18H21N3O3S2/c1-4-25-10-15-9-16(23)21-18(20-15)26-12(3)17(24)19-14-7-5-6-13(8-14)11(2)22/h5-9,12H,4,10H2,1-3H3,(H,19,24)(H,20,21,23). The first-order valence-corrected chi connectivity index (χ1v) is 10.2. The van der Waals surface area contributed by atoms with Gasteiger partial charge >= 0.3 is 0 Å². The number of rotatable bonds is 8. The van der Waals surface area contributed by atoms with Crippen LogP contribution < -0.4 is 10.9 Å². The Labute approximate surface area is 160 Å². The van der Waals surface area contributed by atoms with Crippen molar-refractivity contribution >= 4 is 40.9 Å². The summed E-state index contributed by atoms with van der Waals surface area (Å²) in [6, 6.07) is 8.26. The van der Waals surface area contributed by atoms with E-state index in [0.29, 0.717) is 27.9 Å². The van der Waals surface area contributed by atoms with Crippen LogP contribution in [0.1, 0.15) is 36.8 Å². The first-order chi connectivity index (χ1) is 12.4. The monoisotopic (exact) mass is 391 g/mol. The summed E-state index contributed by atoms with van der Waals surface area (Å²) in [6.45, 7) is 5.26. The number of carbonyl (C=O) groups is 2. The Kier molecular flexibility index (Phi) is 7.47. The highest BCUT2D eigenvalue weighted by Crippen LogP contribution is 2.21. The molecule has 1 unspecified atom stereocenters. The molecule has 0 saturated carbocycles. The molecule has 1 atom stereocenters. The average Bonchev–Trinajstić information content (AvgIpc) is 2.59. The normalized spacial score (nSPS) is 11.8. The van der Waals surface area contributed by atoms with Crippen molar-refractivity contribution in [3.8, 4) is 0 Å². The van der Waals surface area contributed by atoms with Crippen molar-refractivity contribution in [1.29, 1.82) is 0 Å². The second-order valence-corrected chi connectivity index (χ2v) is 8.17. The smallest absolute Gasteiger partial charge is 0.251 e. The number of amides is 1. The number of anilines is 1. The number of carbonyl (C=O) groups excluding carboxylic acids is 2. The van der Waals surface area contributed by atoms with Gasteiger partial charge in [0.25, 0.3) is 5.56 Å². The molecule has 1 aromatic carbocycles. The summed E-state index contributed by atoms with van der Waals surface area (Å²) in [6.07, 6.45) is 0. The van der Waals surface area contributed by atoms with E-state index in [2.05, 4.69) is 15.3 Å². The van der Waals surface area contributed by atoms with Crippen molar-refractivity contribution in [3.63, 3.8) is 0 Å². The number of ketones is 1. The molecule has 0 aliphatic heterocycles. The van der Waals surface area contributed by atoms with Crippen molar-refractivity contribution in [2.75, 3.05) is 11.1 Å². The zero-order valence-electron chi connectivity index (χ0n) is 14.9. The van der Waals surface area contributed by atoms with Gasteiger partial charge in [0, 0.05) is 23.1 Å². The van der Waals surface area contributed by atoms with Crippen LogP contribution in [0.4, 0.5) is 5.69 Å². The van der Waals surface area contributed by atoms with Crippen LogP contribution in [0.5, 0.6) is 0 Å². The third-order valence-corrected chi connectivity index (χ3v) is 5.31. The van der Waals surface area contributed by atoms with Gasteiger partial charge < -0.3 is 10.3 Å². The maximum atomic E-state index is 12.4. The van der Waals surface area contributed by atoms with Gasteiger partial charge in [-0.05, 0) is 31.7 Å². The van der Waals surface area contributed by atoms with Crippen LogP contribution in [0.2, 0.25) is 0 Å². The highest BCUT2D eigenvalue weighted by atomic mass is 32.2. The third kappa shape index (κ3) is 6.03. The van der Waals surface area contributed by atoms with E-state index >= 15 is 0 Å². The van der Waals surface area contributed by atoms with Crippen molar-refractivity contribution in [2.24, 2.45) is 0 Å². The molecule has 0 bridgehead atoms. The van der Waals surface area contributed by atoms with E-state index in [1.54, 1.807) is 43.0 Å². The van der Waals surface area contributed by atoms with E-state index in [9.17, 15) is 14.4 Å². The average molecular weight is 392 g/mol. The summed E-state index contributed by atoms with van der Waals surface area (Å²) in [7, 11) is 0. The minimum Gasteiger partial charge on any atom is -0.325 e. The van der Waals surface area contributed by atoms with Gasteiger partial charge in [0.2, 0.25) is 5.91 Å². The van der Waals surface area contributed by atoms with Crippen LogP contribution in [0.3, 0.4) is 0 Å². The van der Waals surface area contributed by atoms with E-state index in [1.807, 2.05) is 6.92 Å². The van der Waals surface area contributed by atoms with Crippen LogP contribution in [-0.2, 0) is 10.5 Å². The number of thioether (sulfide) groups is 2. The maximum Gasteiger partial charge on any atom is 0.251 e. The molecule has 0 aliphatic rings. The topological polar surface area (TPSA) is 91.9 Å². The Morgan fingerprint density at radius 1 is 1.31 bits per heavy atom. The molecule has 26 heavy (non-hydrogen) atoms. The molecular formula is C18H21N3O3S2. The number of hydrogen-bond acceptors (Lipinski definition) is 6. The van der Waals surface area contributed by atoms with Crippen LogP contribution in [0.25, 0.3) is 0 Å². The fraction of sp³-hybridized carbons (Fsp3) is 0.333. The minimum absolute atomic E-state index is 0.0629. The first-order valence-electron chi connectivity index (χ1n) is 8.15. The lowest BCUT2D eigenvalue weighted by Crippen LogP contribution is -2.23. The third-order valence-electron chi connectivity index (χ3n) is 3.42. The van der Waals surface area contributed by atoms with Gasteiger partial charge in [-0.2, -0.15) is 11.8 Å². The van der Waals surface area contributed by atoms with Gasteiger partial charge in [-0.1, -0.05) is 30.8 Å². The van der Waals surface area contributed by atoms with Gasteiger partial charge in [-0.25, -0.2) is 4.98 Å². The molecule has 0 radical (unpaired) electrons. The molecule has 8 heteroatoms. The number of aromatic nitrogens is 2. The largest absolute Gasteiger partial charge is 0.325 e. The number of H-pyrrole nitrogens is 1. The molecule has 2 rings (SSSR count). The zero-order chi connectivity index (χ0) is 19.1. The summed E-state index contributed by atoms with van der Waals surface area (Å²) in [5.41, 5.74) is 1.57. The molecule has 2 aromatic rings. The highest BCUT2D eigenvalue weighted by molar-refractivity contribution is 8.00. The Morgan fingerprint density at radius 2 is 2.08 bits per heavy atom. The van der Waals surface area contributed by atoms with Crippen molar-refractivity contribution in [2.45, 2.75) is 36.9 Å². The van der Waals surface area contributed by atoms with Gasteiger partial charge in [-0.3, -0.25) is 14.4 Å². The molecule has 0 aliphatic carbocycles. The van der Waals surface area contributed by atoms with Gasteiger partial charge in [-0.15, -0.1) is 0 Å². The minimum atomic E-state index is -0.465. The lowest BCUT2D eigenvalue weighted by atomic mass is 10.1. The molecule has 1 amide bonds. The molecule has 6 nitrogen and oxygen atoms in total. The molecule has 0 saturated heterocycles. The molecule has 0 spiro atoms. The van der Waals surface area contributed by atoms with Gasteiger partial charge in [0.05, 0.1) is 10.9 Å². The predicted octanol–water partition coefficient (Wildman–Crippen LogP) is 3.34. The van der Waals surface area contributed by atoms with E-state index in [0.717, 1.165) is 5.75 Å². The molecule has 1 aromatic heterocycles. The summed E-state index contributed by atoms with van der Waals surface area (Å²) >= 11 is 2.87. The first kappa shape index (κ1) is 20.3. The highest BCUT2D eigenvalue weighted by Gasteiger charge is 2.17. The van der Waals surface area contributed by atoms with Crippen molar-refractivity contribution in [1.82, 2.24) is 9.97 Å². The second kappa shape index (κ2) is 9.59. The Morgan fingerprint density at radius 3 is 2.77 bits per heavy atom. The van der Waals surface area contributed by atoms with Crippen molar-refractivity contribution in [3.05, 3.63) is 51.9 Å². The van der Waals surface area contributed by atoms with E-state index in [-0.39, 0.29) is 17.2 Å². The summed E-state index contributed by atoms with van der Waals surface area (Å²) in [4.78, 5) is 42.7. The molecule has 2 N–H and O–H groups in total. The molecule has 138 valence electrons. The zero-order valence-corrected chi connectivity index (χ0v) is 16.5. The van der Waals surface area contributed by atoms with Gasteiger partial charge in [0.15, 0.2) is 10.9 Å². The summed E-state index contributed by atoms with van der Waals surface area (Å²) in [5.74, 6) is 1.31. The van der Waals surface area contributed by atoms with E-state index < -0.39 is 5.25 Å². The molecule has 0 fully saturated rings. The van der Waals surface area contributed by atoms with E-state index in [4.69, 9.17) is 0 Å². The van der Waals surface area contributed by atoms with E-state index in [1.165, 1.54) is 24.8 Å². The SMILES string of the molecule is CCSCc1cc(=O)[nH]c(SC(C)C(=O)Nc2cccc(C(C)=O)c2)n1. The number of nitrogens with zero attached hydrogens (tertiary/aromatic N) is 1. The van der Waals surface area contributed by atoms with Crippen LogP contribution >= 0.6 is 23.5 Å². The Hall–Kier alpha value is -2.06. The predicted molar refractivity (Wildman–Crippen MR) is 107 cm³/mol. The Bertz CT molecular complexity index is 852. The lowest BCUT2D eigenvalue weighted by Gasteiger charge is -2.12. The second-order valence-electron chi connectivity index (χ2n) is 5.57. The molecular weight excluding hydrogens is 370 g/mol. The summed E-state index contributed by atoms with van der Waals surface area (Å²) in [5, 5.41) is 2.74. The van der Waals surface area contributed by atoms with Gasteiger partial charge in [0.1, 0.15) is 0 Å². The van der Waals surface area contributed by atoms with Crippen molar-refractivity contribution < 1.29 is 9.59 Å².